The molecule has 2 amide bonds. The van der Waals surface area contributed by atoms with Crippen LogP contribution in [0.1, 0.15) is 29.8 Å². The molecule has 0 bridgehead atoms. The van der Waals surface area contributed by atoms with E-state index in [-0.39, 0.29) is 12.5 Å². The molecule has 5 nitrogen and oxygen atoms in total. The van der Waals surface area contributed by atoms with E-state index in [0.717, 1.165) is 11.6 Å². The molecule has 0 aliphatic carbocycles. The monoisotopic (exact) mass is 365 g/mol. The highest BCUT2D eigenvalue weighted by Crippen LogP contribution is 2.16. The summed E-state index contributed by atoms with van der Waals surface area (Å²) < 4.78 is 40.0. The lowest BCUT2D eigenvalue weighted by Gasteiger charge is -2.22. The normalized spacial score (nSPS) is 11.9. The summed E-state index contributed by atoms with van der Waals surface area (Å²) in [5.41, 5.74) is 0.0935. The van der Waals surface area contributed by atoms with Crippen LogP contribution in [0.5, 0.6) is 0 Å². The quantitative estimate of drug-likeness (QED) is 0.773. The number of benzene rings is 1. The molecule has 0 fully saturated rings. The molecule has 0 aliphatic rings. The molecule has 1 aromatic heterocycles. The number of rotatable bonds is 6. The molecule has 0 unspecified atom stereocenters. The molecule has 8 heteroatoms. The SMILES string of the molecule is CC(C)[C@H](NC(=O)c1ccc(F)c(F)c1F)C(=O)NCc1cccnc1. The van der Waals surface area contributed by atoms with Crippen molar-refractivity contribution < 1.29 is 22.8 Å². The van der Waals surface area contributed by atoms with Gasteiger partial charge in [0, 0.05) is 18.9 Å². The first-order valence-electron chi connectivity index (χ1n) is 7.92. The first-order valence-corrected chi connectivity index (χ1v) is 7.92. The Morgan fingerprint density at radius 2 is 1.85 bits per heavy atom. The van der Waals surface area contributed by atoms with Crippen molar-refractivity contribution in [3.8, 4) is 0 Å². The number of carbonyl (C=O) groups excluding carboxylic acids is 2. The minimum atomic E-state index is -1.74. The average molecular weight is 365 g/mol. The van der Waals surface area contributed by atoms with E-state index < -0.39 is 40.9 Å². The van der Waals surface area contributed by atoms with Crippen LogP contribution in [0.2, 0.25) is 0 Å². The molecule has 2 aromatic rings. The second-order valence-corrected chi connectivity index (χ2v) is 6.00. The van der Waals surface area contributed by atoms with Gasteiger partial charge in [-0.2, -0.15) is 0 Å². The van der Waals surface area contributed by atoms with Gasteiger partial charge in [-0.1, -0.05) is 19.9 Å². The summed E-state index contributed by atoms with van der Waals surface area (Å²) in [6, 6.07) is 3.99. The number of aromatic nitrogens is 1. The fourth-order valence-corrected chi connectivity index (χ4v) is 2.26. The van der Waals surface area contributed by atoms with Crippen molar-refractivity contribution in [3.05, 3.63) is 65.2 Å². The van der Waals surface area contributed by atoms with Gasteiger partial charge in [0.05, 0.1) is 5.56 Å². The van der Waals surface area contributed by atoms with Crippen molar-refractivity contribution in [2.24, 2.45) is 5.92 Å². The first-order chi connectivity index (χ1) is 12.3. The number of nitrogens with zero attached hydrogens (tertiary/aromatic N) is 1. The number of nitrogens with one attached hydrogen (secondary N) is 2. The van der Waals surface area contributed by atoms with Crippen molar-refractivity contribution in [2.75, 3.05) is 0 Å². The lowest BCUT2D eigenvalue weighted by atomic mass is 10.0. The maximum absolute atomic E-state index is 13.8. The van der Waals surface area contributed by atoms with E-state index in [4.69, 9.17) is 0 Å². The molecule has 0 spiro atoms. The van der Waals surface area contributed by atoms with Gasteiger partial charge in [-0.15, -0.1) is 0 Å². The minimum absolute atomic E-state index is 0.200. The Labute approximate surface area is 148 Å². The largest absolute Gasteiger partial charge is 0.350 e. The topological polar surface area (TPSA) is 71.1 Å². The Bertz CT molecular complexity index is 798. The van der Waals surface area contributed by atoms with E-state index in [9.17, 15) is 22.8 Å². The predicted octanol–water partition coefficient (Wildman–Crippen LogP) is 2.57. The number of hydrogen-bond donors (Lipinski definition) is 2. The van der Waals surface area contributed by atoms with Gasteiger partial charge in [-0.25, -0.2) is 13.2 Å². The van der Waals surface area contributed by atoms with Crippen LogP contribution in [0.15, 0.2) is 36.7 Å². The number of carbonyl (C=O) groups is 2. The van der Waals surface area contributed by atoms with Crippen molar-refractivity contribution in [1.29, 1.82) is 0 Å². The molecule has 0 saturated heterocycles. The predicted molar refractivity (Wildman–Crippen MR) is 88.5 cm³/mol. The molecule has 1 aromatic carbocycles. The summed E-state index contributed by atoms with van der Waals surface area (Å²) in [7, 11) is 0. The second-order valence-electron chi connectivity index (χ2n) is 6.00. The molecule has 1 heterocycles. The lowest BCUT2D eigenvalue weighted by molar-refractivity contribution is -0.124. The van der Waals surface area contributed by atoms with Crippen molar-refractivity contribution in [3.63, 3.8) is 0 Å². The van der Waals surface area contributed by atoms with Crippen molar-refractivity contribution in [1.82, 2.24) is 15.6 Å². The Morgan fingerprint density at radius 1 is 1.12 bits per heavy atom. The van der Waals surface area contributed by atoms with Crippen molar-refractivity contribution in [2.45, 2.75) is 26.4 Å². The molecule has 0 radical (unpaired) electrons. The Hall–Kier alpha value is -2.90. The zero-order valence-electron chi connectivity index (χ0n) is 14.2. The molecule has 0 aliphatic heterocycles. The smallest absolute Gasteiger partial charge is 0.255 e. The first kappa shape index (κ1) is 19.4. The van der Waals surface area contributed by atoms with Crippen molar-refractivity contribution >= 4 is 11.8 Å². The van der Waals surface area contributed by atoms with E-state index in [0.29, 0.717) is 6.07 Å². The van der Waals surface area contributed by atoms with E-state index in [1.807, 2.05) is 0 Å². The molecule has 138 valence electrons. The molecule has 26 heavy (non-hydrogen) atoms. The maximum atomic E-state index is 13.8. The van der Waals surface area contributed by atoms with Gasteiger partial charge in [-0.3, -0.25) is 14.6 Å². The van der Waals surface area contributed by atoms with Crippen LogP contribution in [0.4, 0.5) is 13.2 Å². The summed E-state index contributed by atoms with van der Waals surface area (Å²) >= 11 is 0. The number of pyridine rings is 1. The lowest BCUT2D eigenvalue weighted by Crippen LogP contribution is -2.49. The Kier molecular flexibility index (Phi) is 6.32. The molecule has 2 rings (SSSR count). The third-order valence-electron chi connectivity index (χ3n) is 3.71. The third-order valence-corrected chi connectivity index (χ3v) is 3.71. The van der Waals surface area contributed by atoms with E-state index in [1.54, 1.807) is 38.4 Å². The summed E-state index contributed by atoms with van der Waals surface area (Å²) in [5.74, 6) is -6.53. The number of hydrogen-bond acceptors (Lipinski definition) is 3. The maximum Gasteiger partial charge on any atom is 0.255 e. The highest BCUT2D eigenvalue weighted by Gasteiger charge is 2.27. The molecular weight excluding hydrogens is 347 g/mol. The summed E-state index contributed by atoms with van der Waals surface area (Å²) in [5, 5.41) is 5.01. The fraction of sp³-hybridized carbons (Fsp3) is 0.278. The standard InChI is InChI=1S/C18H18F3N3O2/c1-10(2)16(18(26)23-9-11-4-3-7-22-8-11)24-17(25)12-5-6-13(19)15(21)14(12)20/h3-8,10,16H,9H2,1-2H3,(H,23,26)(H,24,25)/t16-/m0/s1. The van der Waals surface area contributed by atoms with Crippen LogP contribution in [0.25, 0.3) is 0 Å². The number of amides is 2. The zero-order valence-corrected chi connectivity index (χ0v) is 14.2. The Morgan fingerprint density at radius 3 is 2.46 bits per heavy atom. The molecular formula is C18H18F3N3O2. The van der Waals surface area contributed by atoms with Gasteiger partial charge in [-0.05, 0) is 29.7 Å². The van der Waals surface area contributed by atoms with Gasteiger partial charge < -0.3 is 10.6 Å². The summed E-state index contributed by atoms with van der Waals surface area (Å²) in [6.45, 7) is 3.58. The van der Waals surface area contributed by atoms with E-state index in [2.05, 4.69) is 15.6 Å². The number of halogens is 3. The van der Waals surface area contributed by atoms with Crippen LogP contribution in [-0.2, 0) is 11.3 Å². The second kappa shape index (κ2) is 8.46. The molecule has 0 saturated carbocycles. The van der Waals surface area contributed by atoms with Crippen LogP contribution < -0.4 is 10.6 Å². The minimum Gasteiger partial charge on any atom is -0.350 e. The molecule has 2 N–H and O–H groups in total. The zero-order chi connectivity index (χ0) is 19.3. The van der Waals surface area contributed by atoms with Gasteiger partial charge in [0.2, 0.25) is 5.91 Å². The molecule has 1 atom stereocenters. The van der Waals surface area contributed by atoms with Crippen LogP contribution in [-0.4, -0.2) is 22.8 Å². The average Bonchev–Trinajstić information content (AvgIpc) is 2.62. The van der Waals surface area contributed by atoms with Crippen LogP contribution in [0.3, 0.4) is 0 Å². The highest BCUT2D eigenvalue weighted by atomic mass is 19.2. The summed E-state index contributed by atoms with van der Waals surface area (Å²) in [6.07, 6.45) is 3.18. The Balaban J connectivity index is 2.09. The van der Waals surface area contributed by atoms with Gasteiger partial charge in [0.25, 0.3) is 5.91 Å². The summed E-state index contributed by atoms with van der Waals surface area (Å²) in [4.78, 5) is 28.5. The van der Waals surface area contributed by atoms with E-state index >= 15 is 0 Å². The van der Waals surface area contributed by atoms with Gasteiger partial charge in [0.1, 0.15) is 6.04 Å². The van der Waals surface area contributed by atoms with E-state index in [1.165, 1.54) is 0 Å². The van der Waals surface area contributed by atoms with Gasteiger partial charge >= 0.3 is 0 Å². The highest BCUT2D eigenvalue weighted by molar-refractivity contribution is 5.97. The van der Waals surface area contributed by atoms with Crippen LogP contribution >= 0.6 is 0 Å². The van der Waals surface area contributed by atoms with Crippen LogP contribution in [0, 0.1) is 23.4 Å². The fourth-order valence-electron chi connectivity index (χ4n) is 2.26. The van der Waals surface area contributed by atoms with Gasteiger partial charge in [0.15, 0.2) is 17.5 Å². The third kappa shape index (κ3) is 4.59.